The van der Waals surface area contributed by atoms with Gasteiger partial charge in [0.1, 0.15) is 11.5 Å². The Hall–Kier alpha value is -3.64. The maximum atomic E-state index is 4.93. The first kappa shape index (κ1) is 23.5. The first-order valence-electron chi connectivity index (χ1n) is 11.2. The molecule has 2 N–H and O–H groups in total. The highest BCUT2D eigenvalue weighted by atomic mass is 32.1. The summed E-state index contributed by atoms with van der Waals surface area (Å²) in [6.45, 7) is 10.4. The van der Waals surface area contributed by atoms with Gasteiger partial charge in [-0.15, -0.1) is 17.7 Å². The van der Waals surface area contributed by atoms with Gasteiger partial charge >= 0.3 is 0 Å². The fraction of sp³-hybridized carbons (Fsp3) is 0.179. The van der Waals surface area contributed by atoms with E-state index in [9.17, 15) is 0 Å². The van der Waals surface area contributed by atoms with Gasteiger partial charge in [0.2, 0.25) is 0 Å². The minimum absolute atomic E-state index is 0.650. The number of pyridine rings is 1. The summed E-state index contributed by atoms with van der Waals surface area (Å²) in [7, 11) is 0. The molecule has 0 aliphatic heterocycles. The van der Waals surface area contributed by atoms with E-state index in [4.69, 9.17) is 4.98 Å². The number of aryl methyl sites for hydroxylation is 5. The Morgan fingerprint density at radius 2 is 1.21 bits per heavy atom. The number of anilines is 4. The van der Waals surface area contributed by atoms with E-state index < -0.39 is 0 Å². The average molecular weight is 468 g/mol. The van der Waals surface area contributed by atoms with Gasteiger partial charge in [-0.25, -0.2) is 4.98 Å². The molecule has 0 spiro atoms. The average Bonchev–Trinajstić information content (AvgIpc) is 2.78. The summed E-state index contributed by atoms with van der Waals surface area (Å²) >= 11 is 4.41. The molecule has 0 bridgehead atoms. The smallest absolute Gasteiger partial charge is 0.161 e. The van der Waals surface area contributed by atoms with Crippen LogP contribution in [0.15, 0.2) is 81.9 Å². The highest BCUT2D eigenvalue weighted by Crippen LogP contribution is 2.36. The maximum absolute atomic E-state index is 4.93. The van der Waals surface area contributed by atoms with Gasteiger partial charge in [-0.2, -0.15) is 5.11 Å². The van der Waals surface area contributed by atoms with Crippen molar-refractivity contribution in [1.29, 1.82) is 0 Å². The number of aromatic nitrogens is 1. The molecule has 0 saturated heterocycles. The number of para-hydroxylation sites is 2. The van der Waals surface area contributed by atoms with Crippen LogP contribution < -0.4 is 10.6 Å². The number of rotatable bonds is 6. The summed E-state index contributed by atoms with van der Waals surface area (Å²) in [5.41, 5.74) is 9.08. The molecule has 0 fully saturated rings. The van der Waals surface area contributed by atoms with E-state index in [2.05, 4.69) is 97.6 Å². The number of nitrogens with zero attached hydrogens (tertiary/aromatic N) is 3. The summed E-state index contributed by atoms with van der Waals surface area (Å²) in [6.07, 6.45) is 0. The van der Waals surface area contributed by atoms with Gasteiger partial charge < -0.3 is 10.6 Å². The molecule has 4 aromatic rings. The van der Waals surface area contributed by atoms with Crippen molar-refractivity contribution in [2.24, 2.45) is 10.2 Å². The van der Waals surface area contributed by atoms with E-state index in [0.717, 1.165) is 44.5 Å². The van der Waals surface area contributed by atoms with Crippen molar-refractivity contribution < 1.29 is 0 Å². The van der Waals surface area contributed by atoms with Gasteiger partial charge in [-0.3, -0.25) is 0 Å². The third kappa shape index (κ3) is 5.29. The van der Waals surface area contributed by atoms with Crippen LogP contribution in [0.1, 0.15) is 27.8 Å². The molecule has 0 aliphatic rings. The van der Waals surface area contributed by atoms with Crippen LogP contribution in [0.2, 0.25) is 0 Å². The summed E-state index contributed by atoms with van der Waals surface area (Å²) < 4.78 is 0. The van der Waals surface area contributed by atoms with E-state index >= 15 is 0 Å². The van der Waals surface area contributed by atoms with Crippen molar-refractivity contribution in [1.82, 2.24) is 4.98 Å². The molecule has 1 aromatic heterocycles. The molecule has 0 amide bonds. The molecule has 6 heteroatoms. The number of hydrogen-bond acceptors (Lipinski definition) is 6. The van der Waals surface area contributed by atoms with E-state index in [1.807, 2.05) is 37.3 Å². The maximum Gasteiger partial charge on any atom is 0.161 e. The van der Waals surface area contributed by atoms with Crippen LogP contribution in [0.3, 0.4) is 0 Å². The second kappa shape index (κ2) is 10.1. The summed E-state index contributed by atoms with van der Waals surface area (Å²) in [4.78, 5) is 5.77. The lowest BCUT2D eigenvalue weighted by molar-refractivity contribution is 1.16. The van der Waals surface area contributed by atoms with E-state index in [0.29, 0.717) is 11.5 Å². The van der Waals surface area contributed by atoms with Crippen molar-refractivity contribution >= 4 is 47.0 Å². The first-order valence-corrected chi connectivity index (χ1v) is 11.7. The van der Waals surface area contributed by atoms with Gasteiger partial charge in [0, 0.05) is 16.3 Å². The Morgan fingerprint density at radius 3 is 1.79 bits per heavy atom. The first-order chi connectivity index (χ1) is 16.3. The predicted molar refractivity (Wildman–Crippen MR) is 145 cm³/mol. The van der Waals surface area contributed by atoms with Crippen LogP contribution in [0, 0.1) is 34.6 Å². The Morgan fingerprint density at radius 1 is 0.647 bits per heavy atom. The minimum atomic E-state index is 0.650. The largest absolute Gasteiger partial charge is 0.340 e. The SMILES string of the molecule is Cc1cc(Nc2c(C)cccc2C)nc(Nc2c(C)cccc2C)c1N=Nc1cccc(S)c1. The van der Waals surface area contributed by atoms with Crippen LogP contribution in [-0.4, -0.2) is 4.98 Å². The standard InChI is InChI=1S/C28H29N5S/c1-17-9-6-10-18(2)25(17)29-24-15-21(5)27(33-32-22-13-8-14-23(34)16-22)28(30-24)31-26-19(3)11-7-12-20(26)4/h6-16,34H,1-5H3,(H2,29,30,31). The molecule has 0 unspecified atom stereocenters. The predicted octanol–water partition coefficient (Wildman–Crippen LogP) is 8.81. The van der Waals surface area contributed by atoms with Crippen LogP contribution >= 0.6 is 12.6 Å². The monoisotopic (exact) mass is 467 g/mol. The quantitative estimate of drug-likeness (QED) is 0.196. The molecule has 4 rings (SSSR count). The number of benzene rings is 3. The zero-order valence-corrected chi connectivity index (χ0v) is 21.0. The number of thiol groups is 1. The second-order valence-corrected chi connectivity index (χ2v) is 9.04. The van der Waals surface area contributed by atoms with Crippen molar-refractivity contribution in [3.05, 3.63) is 94.5 Å². The molecule has 34 heavy (non-hydrogen) atoms. The molecule has 172 valence electrons. The lowest BCUT2D eigenvalue weighted by atomic mass is 10.1. The molecular formula is C28H29N5S. The molecule has 3 aromatic carbocycles. The van der Waals surface area contributed by atoms with Crippen molar-refractivity contribution in [2.45, 2.75) is 39.5 Å². The Kier molecular flexibility index (Phi) is 6.98. The van der Waals surface area contributed by atoms with Crippen molar-refractivity contribution in [3.63, 3.8) is 0 Å². The van der Waals surface area contributed by atoms with Crippen molar-refractivity contribution in [2.75, 3.05) is 10.6 Å². The number of hydrogen-bond donors (Lipinski definition) is 3. The topological polar surface area (TPSA) is 61.7 Å². The van der Waals surface area contributed by atoms with Gasteiger partial charge in [-0.1, -0.05) is 42.5 Å². The summed E-state index contributed by atoms with van der Waals surface area (Å²) in [6, 6.07) is 22.1. The van der Waals surface area contributed by atoms with Gasteiger partial charge in [-0.05, 0) is 86.7 Å². The normalized spacial score (nSPS) is 11.1. The minimum Gasteiger partial charge on any atom is -0.340 e. The number of nitrogens with one attached hydrogen (secondary N) is 2. The summed E-state index contributed by atoms with van der Waals surface area (Å²) in [5, 5.41) is 16.1. The lowest BCUT2D eigenvalue weighted by Gasteiger charge is -2.17. The van der Waals surface area contributed by atoms with Gasteiger partial charge in [0.05, 0.1) is 5.69 Å². The highest BCUT2D eigenvalue weighted by Gasteiger charge is 2.14. The van der Waals surface area contributed by atoms with E-state index in [1.165, 1.54) is 11.1 Å². The summed E-state index contributed by atoms with van der Waals surface area (Å²) in [5.74, 6) is 1.40. The third-order valence-corrected chi connectivity index (χ3v) is 6.02. The number of azo groups is 1. The Balaban J connectivity index is 1.79. The lowest BCUT2D eigenvalue weighted by Crippen LogP contribution is -2.03. The zero-order chi connectivity index (χ0) is 24.2. The Labute approximate surface area is 206 Å². The molecule has 0 aliphatic carbocycles. The van der Waals surface area contributed by atoms with E-state index in [-0.39, 0.29) is 0 Å². The fourth-order valence-electron chi connectivity index (χ4n) is 3.88. The fourth-order valence-corrected chi connectivity index (χ4v) is 4.09. The molecule has 0 saturated carbocycles. The third-order valence-electron chi connectivity index (χ3n) is 5.74. The molecule has 1 heterocycles. The van der Waals surface area contributed by atoms with Crippen LogP contribution in [0.25, 0.3) is 0 Å². The van der Waals surface area contributed by atoms with E-state index in [1.54, 1.807) is 0 Å². The second-order valence-electron chi connectivity index (χ2n) is 8.53. The van der Waals surface area contributed by atoms with Gasteiger partial charge in [0.15, 0.2) is 5.82 Å². The van der Waals surface area contributed by atoms with Crippen LogP contribution in [0.4, 0.5) is 34.4 Å². The Bertz CT molecular complexity index is 1340. The molecule has 0 atom stereocenters. The molecule has 0 radical (unpaired) electrons. The molecule has 5 nitrogen and oxygen atoms in total. The highest BCUT2D eigenvalue weighted by molar-refractivity contribution is 7.80. The van der Waals surface area contributed by atoms with Crippen LogP contribution in [0.5, 0.6) is 0 Å². The zero-order valence-electron chi connectivity index (χ0n) is 20.1. The van der Waals surface area contributed by atoms with Crippen LogP contribution in [-0.2, 0) is 0 Å². The van der Waals surface area contributed by atoms with Crippen molar-refractivity contribution in [3.8, 4) is 0 Å². The van der Waals surface area contributed by atoms with Gasteiger partial charge in [0.25, 0.3) is 0 Å². The molecular weight excluding hydrogens is 438 g/mol.